The Labute approximate surface area is 157 Å². The minimum absolute atomic E-state index is 0.149. The van der Waals surface area contributed by atoms with Crippen molar-refractivity contribution in [3.8, 4) is 11.5 Å². The van der Waals surface area contributed by atoms with E-state index in [-0.39, 0.29) is 11.5 Å². The van der Waals surface area contributed by atoms with Gasteiger partial charge in [-0.25, -0.2) is 0 Å². The maximum atomic E-state index is 13.1. The highest BCUT2D eigenvalue weighted by Gasteiger charge is 2.38. The van der Waals surface area contributed by atoms with E-state index in [9.17, 15) is 4.79 Å². The van der Waals surface area contributed by atoms with E-state index in [0.29, 0.717) is 5.91 Å². The normalized spacial score (nSPS) is 22.6. The molecule has 1 heterocycles. The Hall–Kier alpha value is -1.91. The first-order valence-electron chi connectivity index (χ1n) is 9.84. The molecule has 0 spiro atoms. The third-order valence-corrected chi connectivity index (χ3v) is 5.94. The molecule has 1 saturated carbocycles. The van der Waals surface area contributed by atoms with Gasteiger partial charge in [0.25, 0.3) is 0 Å². The summed E-state index contributed by atoms with van der Waals surface area (Å²) < 4.78 is 10.7. The van der Waals surface area contributed by atoms with Gasteiger partial charge in [0.05, 0.1) is 14.2 Å². The molecule has 1 saturated heterocycles. The van der Waals surface area contributed by atoms with E-state index in [4.69, 9.17) is 9.47 Å². The molecule has 1 N–H and O–H groups in total. The number of piperidine rings is 1. The monoisotopic (exact) mass is 360 g/mol. The lowest BCUT2D eigenvalue weighted by molar-refractivity contribution is -0.144. The molecule has 5 nitrogen and oxygen atoms in total. The number of nitrogens with one attached hydrogen (secondary N) is 1. The number of ether oxygens (including phenoxy) is 2. The minimum atomic E-state index is -0.149. The number of hydrogen-bond donors (Lipinski definition) is 1. The second-order valence-corrected chi connectivity index (χ2v) is 7.93. The Balaban J connectivity index is 1.64. The van der Waals surface area contributed by atoms with Crippen LogP contribution in [0.15, 0.2) is 18.2 Å². The smallest absolute Gasteiger partial charge is 0.228 e. The van der Waals surface area contributed by atoms with Crippen molar-refractivity contribution in [2.45, 2.75) is 57.9 Å². The fourth-order valence-corrected chi connectivity index (χ4v) is 4.37. The number of nitrogens with zero attached hydrogens (tertiary/aromatic N) is 1. The molecule has 2 fully saturated rings. The van der Waals surface area contributed by atoms with Gasteiger partial charge in [-0.15, -0.1) is 0 Å². The average molecular weight is 360 g/mol. The Kier molecular flexibility index (Phi) is 5.94. The molecule has 1 atom stereocenters. The molecule has 1 aromatic rings. The van der Waals surface area contributed by atoms with Gasteiger partial charge < -0.3 is 19.7 Å². The SMILES string of the molecule is COc1ccc(N[C@H]2CCCN(C(=O)C3(C)CCCCC3)C2)cc1OC. The molecule has 1 aromatic carbocycles. The Morgan fingerprint density at radius 1 is 1.12 bits per heavy atom. The first-order valence-corrected chi connectivity index (χ1v) is 9.84. The molecule has 0 unspecified atom stereocenters. The van der Waals surface area contributed by atoms with Gasteiger partial charge in [0, 0.05) is 36.3 Å². The van der Waals surface area contributed by atoms with Crippen LogP contribution in [0.25, 0.3) is 0 Å². The molecule has 144 valence electrons. The van der Waals surface area contributed by atoms with Crippen LogP contribution >= 0.6 is 0 Å². The minimum Gasteiger partial charge on any atom is -0.493 e. The van der Waals surface area contributed by atoms with Crippen LogP contribution in [-0.4, -0.2) is 44.2 Å². The van der Waals surface area contributed by atoms with E-state index < -0.39 is 0 Å². The maximum Gasteiger partial charge on any atom is 0.228 e. The third kappa shape index (κ3) is 4.08. The van der Waals surface area contributed by atoms with Crippen molar-refractivity contribution >= 4 is 11.6 Å². The summed E-state index contributed by atoms with van der Waals surface area (Å²) >= 11 is 0. The van der Waals surface area contributed by atoms with Crippen molar-refractivity contribution in [1.29, 1.82) is 0 Å². The molecule has 1 aliphatic carbocycles. The second kappa shape index (κ2) is 8.19. The molecular formula is C21H32N2O3. The zero-order chi connectivity index (χ0) is 18.6. The fraction of sp³-hybridized carbons (Fsp3) is 0.667. The summed E-state index contributed by atoms with van der Waals surface area (Å²) in [5, 5.41) is 3.58. The van der Waals surface area contributed by atoms with Crippen LogP contribution in [0.3, 0.4) is 0 Å². The van der Waals surface area contributed by atoms with Crippen LogP contribution in [0.5, 0.6) is 11.5 Å². The lowest BCUT2D eigenvalue weighted by Gasteiger charge is -2.41. The van der Waals surface area contributed by atoms with Crippen molar-refractivity contribution in [2.24, 2.45) is 5.41 Å². The number of anilines is 1. The zero-order valence-corrected chi connectivity index (χ0v) is 16.3. The predicted octanol–water partition coefficient (Wildman–Crippen LogP) is 4.08. The van der Waals surface area contributed by atoms with Crippen LogP contribution in [0.1, 0.15) is 51.9 Å². The molecule has 0 radical (unpaired) electrons. The van der Waals surface area contributed by atoms with Crippen LogP contribution in [0.4, 0.5) is 5.69 Å². The number of likely N-dealkylation sites (tertiary alicyclic amines) is 1. The van der Waals surface area contributed by atoms with E-state index in [1.807, 2.05) is 18.2 Å². The summed E-state index contributed by atoms with van der Waals surface area (Å²) in [7, 11) is 3.29. The summed E-state index contributed by atoms with van der Waals surface area (Å²) in [5.41, 5.74) is 0.856. The maximum absolute atomic E-state index is 13.1. The van der Waals surface area contributed by atoms with E-state index >= 15 is 0 Å². The van der Waals surface area contributed by atoms with Crippen LogP contribution in [-0.2, 0) is 4.79 Å². The largest absolute Gasteiger partial charge is 0.493 e. The summed E-state index contributed by atoms with van der Waals surface area (Å²) in [6.07, 6.45) is 7.84. The molecule has 1 aliphatic heterocycles. The molecule has 1 amide bonds. The highest BCUT2D eigenvalue weighted by Crippen LogP contribution is 2.38. The standard InChI is InChI=1S/C21H32N2O3/c1-21(11-5-4-6-12-21)20(24)23-13-7-8-17(15-23)22-16-9-10-18(25-2)19(14-16)26-3/h9-10,14,17,22H,4-8,11-13,15H2,1-3H3/t17-/m0/s1. The van der Waals surface area contributed by atoms with Crippen LogP contribution in [0.2, 0.25) is 0 Å². The van der Waals surface area contributed by atoms with Gasteiger partial charge in [0.2, 0.25) is 5.91 Å². The van der Waals surface area contributed by atoms with Gasteiger partial charge in [-0.1, -0.05) is 26.2 Å². The molecular weight excluding hydrogens is 328 g/mol. The molecule has 26 heavy (non-hydrogen) atoms. The first kappa shape index (κ1) is 18.9. The van der Waals surface area contributed by atoms with E-state index in [1.54, 1.807) is 14.2 Å². The van der Waals surface area contributed by atoms with Crippen molar-refractivity contribution in [3.05, 3.63) is 18.2 Å². The number of rotatable bonds is 5. The zero-order valence-electron chi connectivity index (χ0n) is 16.3. The summed E-state index contributed by atoms with van der Waals surface area (Å²) in [5.74, 6) is 1.80. The summed E-state index contributed by atoms with van der Waals surface area (Å²) in [6.45, 7) is 3.83. The lowest BCUT2D eigenvalue weighted by atomic mass is 9.74. The summed E-state index contributed by atoms with van der Waals surface area (Å²) in [4.78, 5) is 15.2. The van der Waals surface area contributed by atoms with Gasteiger partial charge in [-0.05, 0) is 37.8 Å². The van der Waals surface area contributed by atoms with Crippen molar-refractivity contribution in [2.75, 3.05) is 32.6 Å². The van der Waals surface area contributed by atoms with Gasteiger partial charge in [0.1, 0.15) is 0 Å². The molecule has 0 aromatic heterocycles. The predicted molar refractivity (Wildman–Crippen MR) is 104 cm³/mol. The van der Waals surface area contributed by atoms with Crippen molar-refractivity contribution in [1.82, 2.24) is 4.90 Å². The van der Waals surface area contributed by atoms with E-state index in [2.05, 4.69) is 17.1 Å². The average Bonchev–Trinajstić information content (AvgIpc) is 2.68. The van der Waals surface area contributed by atoms with Crippen molar-refractivity contribution in [3.63, 3.8) is 0 Å². The number of carbonyl (C=O) groups is 1. The number of carbonyl (C=O) groups excluding carboxylic acids is 1. The van der Waals surface area contributed by atoms with E-state index in [1.165, 1.54) is 19.3 Å². The lowest BCUT2D eigenvalue weighted by Crippen LogP contribution is -2.50. The topological polar surface area (TPSA) is 50.8 Å². The highest BCUT2D eigenvalue weighted by atomic mass is 16.5. The second-order valence-electron chi connectivity index (χ2n) is 7.93. The van der Waals surface area contributed by atoms with Gasteiger partial charge in [-0.2, -0.15) is 0 Å². The summed E-state index contributed by atoms with van der Waals surface area (Å²) in [6, 6.07) is 6.15. The Morgan fingerprint density at radius 2 is 1.85 bits per heavy atom. The number of benzene rings is 1. The number of methoxy groups -OCH3 is 2. The number of amides is 1. The Bertz CT molecular complexity index is 626. The van der Waals surface area contributed by atoms with Crippen LogP contribution < -0.4 is 14.8 Å². The van der Waals surface area contributed by atoms with Crippen molar-refractivity contribution < 1.29 is 14.3 Å². The van der Waals surface area contributed by atoms with Gasteiger partial charge in [0.15, 0.2) is 11.5 Å². The fourth-order valence-electron chi connectivity index (χ4n) is 4.37. The highest BCUT2D eigenvalue weighted by molar-refractivity contribution is 5.82. The molecule has 5 heteroatoms. The quantitative estimate of drug-likeness (QED) is 0.860. The molecule has 2 aliphatic rings. The first-order chi connectivity index (χ1) is 12.6. The van der Waals surface area contributed by atoms with Gasteiger partial charge >= 0.3 is 0 Å². The molecule has 0 bridgehead atoms. The Morgan fingerprint density at radius 3 is 2.54 bits per heavy atom. The third-order valence-electron chi connectivity index (χ3n) is 5.94. The molecule has 3 rings (SSSR count). The number of hydrogen-bond acceptors (Lipinski definition) is 4. The van der Waals surface area contributed by atoms with Gasteiger partial charge in [-0.3, -0.25) is 4.79 Å². The van der Waals surface area contributed by atoms with Crippen LogP contribution in [0, 0.1) is 5.41 Å². The van der Waals surface area contributed by atoms with E-state index in [0.717, 1.165) is 56.0 Å².